The quantitative estimate of drug-likeness (QED) is 0.752. The Morgan fingerprint density at radius 1 is 1.15 bits per heavy atom. The highest BCUT2D eigenvalue weighted by Gasteiger charge is 2.37. The highest BCUT2D eigenvalue weighted by molar-refractivity contribution is 9.10. The molecule has 1 aliphatic rings. The molecular formula is C21H23BrN2O3. The van der Waals surface area contributed by atoms with E-state index in [4.69, 9.17) is 4.74 Å². The van der Waals surface area contributed by atoms with Crippen LogP contribution in [0.15, 0.2) is 34.8 Å². The molecule has 0 saturated carbocycles. The van der Waals surface area contributed by atoms with Gasteiger partial charge in [0.05, 0.1) is 7.11 Å². The molecule has 2 aromatic rings. The Morgan fingerprint density at radius 3 is 2.44 bits per heavy atom. The number of nitrogens with one attached hydrogen (secondary N) is 1. The van der Waals surface area contributed by atoms with E-state index in [9.17, 15) is 9.59 Å². The topological polar surface area (TPSA) is 58.6 Å². The van der Waals surface area contributed by atoms with Crippen molar-refractivity contribution < 1.29 is 14.3 Å². The van der Waals surface area contributed by atoms with Crippen LogP contribution in [0.2, 0.25) is 0 Å². The molecule has 0 bridgehead atoms. The van der Waals surface area contributed by atoms with Crippen LogP contribution in [-0.2, 0) is 16.0 Å². The molecule has 5 nitrogen and oxygen atoms in total. The van der Waals surface area contributed by atoms with Crippen LogP contribution in [0.4, 0.5) is 10.5 Å². The molecule has 2 aromatic carbocycles. The van der Waals surface area contributed by atoms with Crippen LogP contribution in [0.25, 0.3) is 0 Å². The third-order valence-electron chi connectivity index (χ3n) is 4.92. The number of amides is 2. The van der Waals surface area contributed by atoms with Crippen LogP contribution < -0.4 is 5.32 Å². The molecule has 0 saturated heterocycles. The highest BCUT2D eigenvalue weighted by Crippen LogP contribution is 2.34. The van der Waals surface area contributed by atoms with Crippen LogP contribution in [0, 0.1) is 20.8 Å². The van der Waals surface area contributed by atoms with Crippen LogP contribution in [0.1, 0.15) is 33.9 Å². The summed E-state index contributed by atoms with van der Waals surface area (Å²) in [7, 11) is 1.34. The van der Waals surface area contributed by atoms with Crippen molar-refractivity contribution in [1.82, 2.24) is 4.90 Å². The molecule has 1 aliphatic heterocycles. The average molecular weight is 431 g/mol. The molecule has 2 amide bonds. The molecular weight excluding hydrogens is 408 g/mol. The van der Waals surface area contributed by atoms with Gasteiger partial charge in [0.15, 0.2) is 0 Å². The lowest BCUT2D eigenvalue weighted by Crippen LogP contribution is -2.45. The van der Waals surface area contributed by atoms with Crippen molar-refractivity contribution in [3.05, 3.63) is 62.6 Å². The third kappa shape index (κ3) is 3.86. The second-order valence-electron chi connectivity index (χ2n) is 6.92. The normalized spacial score (nSPS) is 15.9. The fourth-order valence-electron chi connectivity index (χ4n) is 3.75. The number of carbonyl (C=O) groups is 2. The van der Waals surface area contributed by atoms with Crippen molar-refractivity contribution in [2.75, 3.05) is 19.0 Å². The number of rotatable bonds is 2. The van der Waals surface area contributed by atoms with Crippen molar-refractivity contribution in [1.29, 1.82) is 0 Å². The minimum atomic E-state index is -0.737. The average Bonchev–Trinajstić information content (AvgIpc) is 2.62. The van der Waals surface area contributed by atoms with Crippen LogP contribution in [0.5, 0.6) is 0 Å². The van der Waals surface area contributed by atoms with Crippen molar-refractivity contribution in [3.63, 3.8) is 0 Å². The van der Waals surface area contributed by atoms with E-state index < -0.39 is 12.1 Å². The lowest BCUT2D eigenvalue weighted by atomic mass is 9.92. The molecule has 6 heteroatoms. The van der Waals surface area contributed by atoms with Gasteiger partial charge in [0.25, 0.3) is 5.91 Å². The van der Waals surface area contributed by atoms with Crippen molar-refractivity contribution >= 4 is 33.6 Å². The molecule has 1 N–H and O–H groups in total. The van der Waals surface area contributed by atoms with Gasteiger partial charge in [-0.1, -0.05) is 39.7 Å². The van der Waals surface area contributed by atoms with Gasteiger partial charge in [-0.3, -0.25) is 9.69 Å². The van der Waals surface area contributed by atoms with E-state index >= 15 is 0 Å². The number of anilines is 1. The molecule has 1 heterocycles. The Hall–Kier alpha value is -2.34. The third-order valence-corrected chi connectivity index (χ3v) is 5.41. The molecule has 0 unspecified atom stereocenters. The summed E-state index contributed by atoms with van der Waals surface area (Å²) in [4.78, 5) is 27.1. The second kappa shape index (κ2) is 7.72. The van der Waals surface area contributed by atoms with E-state index in [-0.39, 0.29) is 5.91 Å². The number of aryl methyl sites for hydroxylation is 3. The Morgan fingerprint density at radius 2 is 1.81 bits per heavy atom. The van der Waals surface area contributed by atoms with E-state index in [0.717, 1.165) is 38.0 Å². The first kappa shape index (κ1) is 19.4. The largest absolute Gasteiger partial charge is 0.453 e. The van der Waals surface area contributed by atoms with E-state index in [0.29, 0.717) is 13.0 Å². The van der Waals surface area contributed by atoms with Gasteiger partial charge < -0.3 is 10.1 Å². The molecule has 0 fully saturated rings. The summed E-state index contributed by atoms with van der Waals surface area (Å²) in [5.74, 6) is -0.241. The predicted molar refractivity (Wildman–Crippen MR) is 109 cm³/mol. The van der Waals surface area contributed by atoms with Gasteiger partial charge in [0.1, 0.15) is 6.04 Å². The maximum Gasteiger partial charge on any atom is 0.410 e. The van der Waals surface area contributed by atoms with Crippen molar-refractivity contribution in [2.45, 2.75) is 33.2 Å². The minimum Gasteiger partial charge on any atom is -0.453 e. The number of halogens is 1. The molecule has 0 radical (unpaired) electrons. The summed E-state index contributed by atoms with van der Waals surface area (Å²) >= 11 is 3.47. The summed E-state index contributed by atoms with van der Waals surface area (Å²) in [5.41, 5.74) is 5.81. The summed E-state index contributed by atoms with van der Waals surface area (Å²) in [5, 5.41) is 3.04. The van der Waals surface area contributed by atoms with Gasteiger partial charge in [0.2, 0.25) is 0 Å². The van der Waals surface area contributed by atoms with E-state index in [2.05, 4.69) is 21.2 Å². The van der Waals surface area contributed by atoms with Gasteiger partial charge in [-0.05, 0) is 61.6 Å². The first-order valence-corrected chi connectivity index (χ1v) is 9.62. The maximum absolute atomic E-state index is 13.3. The molecule has 3 rings (SSSR count). The number of nitrogens with zero attached hydrogens (tertiary/aromatic N) is 1. The standard InChI is InChI=1S/C21H23BrN2O3/c1-12-9-13(2)18(14(3)10-12)23-20(25)19-17-11-16(22)6-5-15(17)7-8-24(19)21(26)27-4/h5-6,9-11,19H,7-8H2,1-4H3,(H,23,25)/t19-/m1/s1. The summed E-state index contributed by atoms with van der Waals surface area (Å²) in [6, 6.07) is 9.19. The minimum absolute atomic E-state index is 0.241. The number of ether oxygens (including phenoxy) is 1. The van der Waals surface area contributed by atoms with Gasteiger partial charge in [-0.2, -0.15) is 0 Å². The predicted octanol–water partition coefficient (Wildman–Crippen LogP) is 4.68. The number of fused-ring (bicyclic) bond motifs is 1. The fraction of sp³-hybridized carbons (Fsp3) is 0.333. The van der Waals surface area contributed by atoms with Gasteiger partial charge in [0, 0.05) is 16.7 Å². The zero-order valence-electron chi connectivity index (χ0n) is 15.9. The Balaban J connectivity index is 2.02. The fourth-order valence-corrected chi connectivity index (χ4v) is 4.13. The van der Waals surface area contributed by atoms with Gasteiger partial charge >= 0.3 is 6.09 Å². The lowest BCUT2D eigenvalue weighted by Gasteiger charge is -2.35. The Kier molecular flexibility index (Phi) is 5.56. The summed E-state index contributed by atoms with van der Waals surface area (Å²) in [6.07, 6.45) is 0.183. The molecule has 27 heavy (non-hydrogen) atoms. The monoisotopic (exact) mass is 430 g/mol. The zero-order valence-corrected chi connectivity index (χ0v) is 17.5. The number of benzene rings is 2. The molecule has 0 aliphatic carbocycles. The second-order valence-corrected chi connectivity index (χ2v) is 7.84. The maximum atomic E-state index is 13.3. The molecule has 1 atom stereocenters. The number of hydrogen-bond acceptors (Lipinski definition) is 3. The van der Waals surface area contributed by atoms with Crippen LogP contribution >= 0.6 is 15.9 Å². The van der Waals surface area contributed by atoms with E-state index in [1.54, 1.807) is 0 Å². The van der Waals surface area contributed by atoms with E-state index in [1.165, 1.54) is 12.0 Å². The number of carbonyl (C=O) groups excluding carboxylic acids is 2. The highest BCUT2D eigenvalue weighted by atomic mass is 79.9. The van der Waals surface area contributed by atoms with Gasteiger partial charge in [-0.15, -0.1) is 0 Å². The first-order valence-electron chi connectivity index (χ1n) is 8.83. The first-order chi connectivity index (χ1) is 12.8. The molecule has 0 aromatic heterocycles. The SMILES string of the molecule is COC(=O)N1CCc2ccc(Br)cc2[C@@H]1C(=O)Nc1c(C)cc(C)cc1C. The smallest absolute Gasteiger partial charge is 0.410 e. The van der Waals surface area contributed by atoms with Crippen LogP contribution in [-0.4, -0.2) is 30.6 Å². The summed E-state index contributed by atoms with van der Waals surface area (Å²) < 4.78 is 5.79. The molecule has 142 valence electrons. The van der Waals surface area contributed by atoms with Crippen LogP contribution in [0.3, 0.4) is 0 Å². The lowest BCUT2D eigenvalue weighted by molar-refractivity contribution is -0.121. The number of hydrogen-bond donors (Lipinski definition) is 1. The number of methoxy groups -OCH3 is 1. The zero-order chi connectivity index (χ0) is 19.7. The Labute approximate surface area is 167 Å². The van der Waals surface area contributed by atoms with Gasteiger partial charge in [-0.25, -0.2) is 4.79 Å². The van der Waals surface area contributed by atoms with Crippen molar-refractivity contribution in [3.8, 4) is 0 Å². The van der Waals surface area contributed by atoms with E-state index in [1.807, 2.05) is 51.1 Å². The Bertz CT molecular complexity index is 887. The molecule has 0 spiro atoms. The summed E-state index contributed by atoms with van der Waals surface area (Å²) in [6.45, 7) is 6.41. The van der Waals surface area contributed by atoms with Crippen molar-refractivity contribution in [2.24, 2.45) is 0 Å².